The highest BCUT2D eigenvalue weighted by atomic mass is 16.1. The summed E-state index contributed by atoms with van der Waals surface area (Å²) in [5.74, 6) is 0.640. The molecule has 11 heavy (non-hydrogen) atoms. The van der Waals surface area contributed by atoms with Gasteiger partial charge in [0.2, 0.25) is 0 Å². The van der Waals surface area contributed by atoms with Gasteiger partial charge < -0.3 is 10.1 Å². The van der Waals surface area contributed by atoms with Crippen LogP contribution in [0.5, 0.6) is 0 Å². The van der Waals surface area contributed by atoms with E-state index < -0.39 is 0 Å². The van der Waals surface area contributed by atoms with Crippen LogP contribution in [0, 0.1) is 11.3 Å². The fourth-order valence-electron chi connectivity index (χ4n) is 0.657. The minimum absolute atomic E-state index is 0.281. The van der Waals surface area contributed by atoms with Gasteiger partial charge in [0.25, 0.3) is 0 Å². The summed E-state index contributed by atoms with van der Waals surface area (Å²) in [7, 11) is 0. The van der Waals surface area contributed by atoms with E-state index >= 15 is 0 Å². The fraction of sp³-hybridized carbons (Fsp3) is 0.889. The molecule has 0 aromatic carbocycles. The molecule has 0 saturated carbocycles. The molecule has 0 radical (unpaired) electrons. The number of carbonyl (C=O) groups is 1. The molecule has 0 spiro atoms. The van der Waals surface area contributed by atoms with E-state index in [0.29, 0.717) is 12.5 Å². The van der Waals surface area contributed by atoms with E-state index in [1.54, 1.807) is 0 Å². The minimum atomic E-state index is 0.281. The Morgan fingerprint density at radius 2 is 2.00 bits per heavy atom. The van der Waals surface area contributed by atoms with Crippen molar-refractivity contribution in [2.45, 2.75) is 27.7 Å². The molecule has 0 aliphatic heterocycles. The molecule has 0 saturated heterocycles. The number of nitrogens with one attached hydrogen (secondary N) is 1. The van der Waals surface area contributed by atoms with Crippen LogP contribution in [0.4, 0.5) is 0 Å². The van der Waals surface area contributed by atoms with E-state index in [2.05, 4.69) is 33.0 Å². The van der Waals surface area contributed by atoms with Crippen molar-refractivity contribution < 1.29 is 4.79 Å². The van der Waals surface area contributed by atoms with Gasteiger partial charge in [0.1, 0.15) is 6.29 Å². The van der Waals surface area contributed by atoms with E-state index in [9.17, 15) is 4.79 Å². The number of hydrogen-bond acceptors (Lipinski definition) is 2. The molecule has 0 bridgehead atoms. The molecule has 0 unspecified atom stereocenters. The van der Waals surface area contributed by atoms with Crippen molar-refractivity contribution in [3.63, 3.8) is 0 Å². The minimum Gasteiger partial charge on any atom is -0.310 e. The molecular weight excluding hydrogens is 138 g/mol. The summed E-state index contributed by atoms with van der Waals surface area (Å²) in [5, 5.41) is 3.09. The lowest BCUT2D eigenvalue weighted by Crippen LogP contribution is -2.34. The molecule has 0 aliphatic carbocycles. The van der Waals surface area contributed by atoms with E-state index in [0.717, 1.165) is 12.8 Å². The largest absolute Gasteiger partial charge is 0.310 e. The maximum atomic E-state index is 10.00. The first kappa shape index (κ1) is 10.6. The van der Waals surface area contributed by atoms with Crippen LogP contribution in [0.1, 0.15) is 27.7 Å². The predicted molar refractivity (Wildman–Crippen MR) is 47.6 cm³/mol. The maximum Gasteiger partial charge on any atom is 0.133 e. The molecule has 0 rings (SSSR count). The first-order valence-corrected chi connectivity index (χ1v) is 4.15. The van der Waals surface area contributed by atoms with E-state index in [4.69, 9.17) is 0 Å². The zero-order valence-corrected chi connectivity index (χ0v) is 7.98. The van der Waals surface area contributed by atoms with Crippen LogP contribution in [0.25, 0.3) is 0 Å². The second-order valence-corrected chi connectivity index (χ2v) is 3.94. The quantitative estimate of drug-likeness (QED) is 0.483. The molecule has 66 valence electrons. The third kappa shape index (κ3) is 4.14. The first-order valence-electron chi connectivity index (χ1n) is 4.15. The monoisotopic (exact) mass is 157 g/mol. The molecule has 0 heterocycles. The normalized spacial score (nSPS) is 12.1. The van der Waals surface area contributed by atoms with Crippen molar-refractivity contribution >= 4 is 6.29 Å². The molecular formula is C9H19NO. The van der Waals surface area contributed by atoms with Crippen LogP contribution in [0.15, 0.2) is 0 Å². The van der Waals surface area contributed by atoms with Crippen LogP contribution in [-0.2, 0) is 4.79 Å². The molecule has 2 nitrogen and oxygen atoms in total. The van der Waals surface area contributed by atoms with Gasteiger partial charge in [0.15, 0.2) is 0 Å². The highest BCUT2D eigenvalue weighted by molar-refractivity contribution is 5.51. The molecule has 0 amide bonds. The fourth-order valence-corrected chi connectivity index (χ4v) is 0.657. The van der Waals surface area contributed by atoms with Gasteiger partial charge >= 0.3 is 0 Å². The molecule has 2 heteroatoms. The zero-order valence-electron chi connectivity index (χ0n) is 7.98. The van der Waals surface area contributed by atoms with Gasteiger partial charge in [-0.3, -0.25) is 0 Å². The van der Waals surface area contributed by atoms with Gasteiger partial charge in [-0.2, -0.15) is 0 Å². The molecule has 0 fully saturated rings. The van der Waals surface area contributed by atoms with Gasteiger partial charge in [-0.1, -0.05) is 27.7 Å². The summed E-state index contributed by atoms with van der Waals surface area (Å²) in [5.41, 5.74) is 0.281. The number of hydrogen-bond donors (Lipinski definition) is 1. The second kappa shape index (κ2) is 4.50. The predicted octanol–water partition coefficient (Wildman–Crippen LogP) is 1.46. The van der Waals surface area contributed by atoms with Crippen LogP contribution in [-0.4, -0.2) is 19.4 Å². The van der Waals surface area contributed by atoms with Crippen LogP contribution in [0.3, 0.4) is 0 Å². The zero-order chi connectivity index (χ0) is 8.91. The van der Waals surface area contributed by atoms with Crippen molar-refractivity contribution in [3.05, 3.63) is 0 Å². The molecule has 0 aliphatic rings. The highest BCUT2D eigenvalue weighted by Crippen LogP contribution is 2.24. The van der Waals surface area contributed by atoms with Gasteiger partial charge in [0.05, 0.1) is 6.54 Å². The summed E-state index contributed by atoms with van der Waals surface area (Å²) in [6.07, 6.45) is 0.899. The Bertz CT molecular complexity index is 119. The Labute approximate surface area is 69.4 Å². The smallest absolute Gasteiger partial charge is 0.133 e. The molecule has 0 atom stereocenters. The Morgan fingerprint density at radius 3 is 2.36 bits per heavy atom. The lowest BCUT2D eigenvalue weighted by Gasteiger charge is -2.29. The van der Waals surface area contributed by atoms with Crippen molar-refractivity contribution in [3.8, 4) is 0 Å². The average Bonchev–Trinajstić information content (AvgIpc) is 1.88. The summed E-state index contributed by atoms with van der Waals surface area (Å²) in [4.78, 5) is 10.00. The molecule has 0 aromatic heterocycles. The summed E-state index contributed by atoms with van der Waals surface area (Å²) in [6.45, 7) is 10.2. The summed E-state index contributed by atoms with van der Waals surface area (Å²) < 4.78 is 0. The summed E-state index contributed by atoms with van der Waals surface area (Å²) in [6, 6.07) is 0. The molecule has 1 N–H and O–H groups in total. The number of carbonyl (C=O) groups excluding carboxylic acids is 1. The van der Waals surface area contributed by atoms with E-state index in [-0.39, 0.29) is 5.41 Å². The lowest BCUT2D eigenvalue weighted by atomic mass is 9.81. The lowest BCUT2D eigenvalue weighted by molar-refractivity contribution is -0.107. The second-order valence-electron chi connectivity index (χ2n) is 3.94. The average molecular weight is 157 g/mol. The SMILES string of the molecule is CC(C)C(C)(C)CNCC=O. The van der Waals surface area contributed by atoms with Crippen molar-refractivity contribution in [1.29, 1.82) is 0 Å². The van der Waals surface area contributed by atoms with Gasteiger partial charge in [-0.15, -0.1) is 0 Å². The van der Waals surface area contributed by atoms with Crippen LogP contribution >= 0.6 is 0 Å². The summed E-state index contributed by atoms with van der Waals surface area (Å²) >= 11 is 0. The standard InChI is InChI=1S/C9H19NO/c1-8(2)9(3,4)7-10-5-6-11/h6,8,10H,5,7H2,1-4H3. The van der Waals surface area contributed by atoms with Crippen molar-refractivity contribution in [2.75, 3.05) is 13.1 Å². The topological polar surface area (TPSA) is 29.1 Å². The van der Waals surface area contributed by atoms with Crippen LogP contribution < -0.4 is 5.32 Å². The first-order chi connectivity index (χ1) is 5.00. The Morgan fingerprint density at radius 1 is 1.45 bits per heavy atom. The van der Waals surface area contributed by atoms with Gasteiger partial charge in [-0.25, -0.2) is 0 Å². The number of aldehydes is 1. The van der Waals surface area contributed by atoms with Gasteiger partial charge in [0, 0.05) is 6.54 Å². The van der Waals surface area contributed by atoms with E-state index in [1.807, 2.05) is 0 Å². The van der Waals surface area contributed by atoms with Crippen molar-refractivity contribution in [2.24, 2.45) is 11.3 Å². The van der Waals surface area contributed by atoms with Gasteiger partial charge in [-0.05, 0) is 11.3 Å². The Kier molecular flexibility index (Phi) is 4.34. The third-order valence-corrected chi connectivity index (χ3v) is 2.37. The Hall–Kier alpha value is -0.370. The third-order valence-electron chi connectivity index (χ3n) is 2.37. The van der Waals surface area contributed by atoms with E-state index in [1.165, 1.54) is 0 Å². The molecule has 0 aromatic rings. The maximum absolute atomic E-state index is 10.00. The van der Waals surface area contributed by atoms with Crippen LogP contribution in [0.2, 0.25) is 0 Å². The van der Waals surface area contributed by atoms with Crippen molar-refractivity contribution in [1.82, 2.24) is 5.32 Å². The highest BCUT2D eigenvalue weighted by Gasteiger charge is 2.20. The number of rotatable bonds is 5. The Balaban J connectivity index is 3.63.